The van der Waals surface area contributed by atoms with Crippen LogP contribution in [0.1, 0.15) is 0 Å². The van der Waals surface area contributed by atoms with Gasteiger partial charge in [0.1, 0.15) is 6.04 Å². The number of carboxylic acid groups (broad SMARTS) is 1. The monoisotopic (exact) mass is 183 g/mol. The topological polar surface area (TPSA) is 63.3 Å². The molecule has 10 heavy (non-hydrogen) atoms. The highest BCUT2D eigenvalue weighted by molar-refractivity contribution is 7.99. The summed E-state index contributed by atoms with van der Waals surface area (Å²) in [7, 11) is 0. The quantitative estimate of drug-likeness (QED) is 0.478. The van der Waals surface area contributed by atoms with E-state index in [-0.39, 0.29) is 0 Å². The molecule has 0 aromatic heterocycles. The second-order valence-corrected chi connectivity index (χ2v) is 3.24. The maximum atomic E-state index is 10.1. The standard InChI is InChI=1S/C5H10ClNO2S/c6-1-2-10-3-4(7)5(8)9/h4H,1-3,7H2,(H,8,9). The SMILES string of the molecule is NC(CSCCCl)C(=O)O. The Kier molecular flexibility index (Phi) is 5.87. The van der Waals surface area contributed by atoms with Gasteiger partial charge in [-0.25, -0.2) is 0 Å². The first kappa shape index (κ1) is 10.1. The van der Waals surface area contributed by atoms with Crippen LogP contribution in [0.4, 0.5) is 0 Å². The first-order valence-corrected chi connectivity index (χ1v) is 4.49. The molecule has 0 spiro atoms. The molecule has 5 heteroatoms. The van der Waals surface area contributed by atoms with Gasteiger partial charge in [0.05, 0.1) is 0 Å². The fourth-order valence-electron chi connectivity index (χ4n) is 0.336. The molecule has 3 nitrogen and oxygen atoms in total. The Morgan fingerprint density at radius 1 is 1.80 bits per heavy atom. The highest BCUT2D eigenvalue weighted by atomic mass is 35.5. The normalized spacial score (nSPS) is 13.0. The number of halogens is 1. The van der Waals surface area contributed by atoms with E-state index >= 15 is 0 Å². The van der Waals surface area contributed by atoms with E-state index in [0.29, 0.717) is 11.6 Å². The molecule has 0 heterocycles. The first-order valence-electron chi connectivity index (χ1n) is 2.80. The van der Waals surface area contributed by atoms with E-state index < -0.39 is 12.0 Å². The van der Waals surface area contributed by atoms with Crippen LogP contribution in [0.5, 0.6) is 0 Å². The van der Waals surface area contributed by atoms with Crippen LogP contribution in [0.3, 0.4) is 0 Å². The second kappa shape index (κ2) is 5.82. The van der Waals surface area contributed by atoms with E-state index in [1.54, 1.807) is 0 Å². The summed E-state index contributed by atoms with van der Waals surface area (Å²) >= 11 is 6.81. The van der Waals surface area contributed by atoms with Crippen molar-refractivity contribution < 1.29 is 9.90 Å². The zero-order valence-corrected chi connectivity index (χ0v) is 6.99. The van der Waals surface area contributed by atoms with Crippen molar-refractivity contribution in [2.75, 3.05) is 17.4 Å². The number of carbonyl (C=O) groups is 1. The van der Waals surface area contributed by atoms with Gasteiger partial charge in [-0.15, -0.1) is 11.6 Å². The lowest BCUT2D eigenvalue weighted by molar-refractivity contribution is -0.137. The average Bonchev–Trinajstić information content (AvgIpc) is 1.88. The maximum absolute atomic E-state index is 10.1. The lowest BCUT2D eigenvalue weighted by Crippen LogP contribution is -2.32. The molecule has 0 rings (SSSR count). The van der Waals surface area contributed by atoms with Gasteiger partial charge in [0.25, 0.3) is 0 Å². The Hall–Kier alpha value is 0.0700. The summed E-state index contributed by atoms with van der Waals surface area (Å²) in [5.41, 5.74) is 5.19. The molecule has 0 saturated carbocycles. The van der Waals surface area contributed by atoms with Gasteiger partial charge < -0.3 is 10.8 Å². The van der Waals surface area contributed by atoms with E-state index in [1.165, 1.54) is 11.8 Å². The van der Waals surface area contributed by atoms with E-state index in [1.807, 2.05) is 0 Å². The Bertz CT molecular complexity index is 112. The molecule has 0 saturated heterocycles. The molecule has 0 aliphatic heterocycles. The van der Waals surface area contributed by atoms with Crippen LogP contribution in [0.2, 0.25) is 0 Å². The fraction of sp³-hybridized carbons (Fsp3) is 0.800. The van der Waals surface area contributed by atoms with Crippen LogP contribution in [0, 0.1) is 0 Å². The molecular weight excluding hydrogens is 174 g/mol. The molecule has 60 valence electrons. The molecule has 0 amide bonds. The smallest absolute Gasteiger partial charge is 0.321 e. The predicted octanol–water partition coefficient (Wildman–Crippen LogP) is 0.370. The number of rotatable bonds is 5. The van der Waals surface area contributed by atoms with Crippen molar-refractivity contribution in [1.29, 1.82) is 0 Å². The number of alkyl halides is 1. The number of hydrogen-bond acceptors (Lipinski definition) is 3. The number of carboxylic acids is 1. The van der Waals surface area contributed by atoms with E-state index in [0.717, 1.165) is 5.75 Å². The third kappa shape index (κ3) is 4.90. The van der Waals surface area contributed by atoms with Crippen molar-refractivity contribution in [3.63, 3.8) is 0 Å². The Morgan fingerprint density at radius 3 is 2.80 bits per heavy atom. The minimum atomic E-state index is -0.956. The summed E-state index contributed by atoms with van der Waals surface area (Å²) in [5.74, 6) is 0.767. The van der Waals surface area contributed by atoms with Gasteiger partial charge in [-0.3, -0.25) is 4.79 Å². The molecule has 0 aromatic carbocycles. The van der Waals surface area contributed by atoms with E-state index in [9.17, 15) is 4.79 Å². The molecule has 0 bridgehead atoms. The predicted molar refractivity (Wildman–Crippen MR) is 43.7 cm³/mol. The number of aliphatic carboxylic acids is 1. The van der Waals surface area contributed by atoms with Crippen LogP contribution < -0.4 is 5.73 Å². The zero-order chi connectivity index (χ0) is 7.98. The van der Waals surface area contributed by atoms with Gasteiger partial charge in [0.15, 0.2) is 0 Å². The van der Waals surface area contributed by atoms with Crippen LogP contribution in [-0.2, 0) is 4.79 Å². The second-order valence-electron chi connectivity index (χ2n) is 1.71. The zero-order valence-electron chi connectivity index (χ0n) is 5.42. The molecule has 3 N–H and O–H groups in total. The third-order valence-corrected chi connectivity index (χ3v) is 2.34. The first-order chi connectivity index (χ1) is 4.68. The van der Waals surface area contributed by atoms with Crippen molar-refractivity contribution in [2.24, 2.45) is 5.73 Å². The van der Waals surface area contributed by atoms with Gasteiger partial charge in [-0.2, -0.15) is 11.8 Å². The summed E-state index contributed by atoms with van der Waals surface area (Å²) in [6.07, 6.45) is 0. The Labute approximate surface area is 68.9 Å². The number of thioether (sulfide) groups is 1. The summed E-state index contributed by atoms with van der Waals surface area (Å²) in [6.45, 7) is 0. The van der Waals surface area contributed by atoms with Crippen LogP contribution in [0.25, 0.3) is 0 Å². The van der Waals surface area contributed by atoms with Crippen molar-refractivity contribution in [3.05, 3.63) is 0 Å². The largest absolute Gasteiger partial charge is 0.480 e. The van der Waals surface area contributed by atoms with Gasteiger partial charge in [0, 0.05) is 17.4 Å². The third-order valence-electron chi connectivity index (χ3n) is 0.836. The van der Waals surface area contributed by atoms with Crippen LogP contribution >= 0.6 is 23.4 Å². The molecule has 1 atom stereocenters. The number of nitrogens with two attached hydrogens (primary N) is 1. The molecule has 0 aliphatic carbocycles. The molecule has 0 aromatic rings. The minimum absolute atomic E-state index is 0.433. The van der Waals surface area contributed by atoms with Gasteiger partial charge in [0.2, 0.25) is 0 Å². The number of hydrogen-bond donors (Lipinski definition) is 2. The lowest BCUT2D eigenvalue weighted by atomic mass is 10.4. The van der Waals surface area contributed by atoms with Gasteiger partial charge in [-0.05, 0) is 0 Å². The van der Waals surface area contributed by atoms with Crippen molar-refractivity contribution in [2.45, 2.75) is 6.04 Å². The Balaban J connectivity index is 3.21. The average molecular weight is 184 g/mol. The summed E-state index contributed by atoms with van der Waals surface area (Å²) in [6, 6.07) is -0.756. The fourth-order valence-corrected chi connectivity index (χ4v) is 1.34. The van der Waals surface area contributed by atoms with E-state index in [4.69, 9.17) is 22.4 Å². The molecular formula is C5H10ClNO2S. The highest BCUT2D eigenvalue weighted by Gasteiger charge is 2.09. The van der Waals surface area contributed by atoms with E-state index in [2.05, 4.69) is 0 Å². The minimum Gasteiger partial charge on any atom is -0.480 e. The lowest BCUT2D eigenvalue weighted by Gasteiger charge is -2.03. The molecule has 0 aliphatic rings. The van der Waals surface area contributed by atoms with Crippen molar-refractivity contribution in [1.82, 2.24) is 0 Å². The van der Waals surface area contributed by atoms with Gasteiger partial charge in [-0.1, -0.05) is 0 Å². The van der Waals surface area contributed by atoms with Crippen LogP contribution in [0.15, 0.2) is 0 Å². The highest BCUT2D eigenvalue weighted by Crippen LogP contribution is 2.01. The summed E-state index contributed by atoms with van der Waals surface area (Å²) in [4.78, 5) is 10.1. The summed E-state index contributed by atoms with van der Waals surface area (Å²) < 4.78 is 0. The Morgan fingerprint density at radius 2 is 2.40 bits per heavy atom. The maximum Gasteiger partial charge on any atom is 0.321 e. The molecule has 0 radical (unpaired) electrons. The van der Waals surface area contributed by atoms with Crippen molar-refractivity contribution >= 4 is 29.3 Å². The summed E-state index contributed by atoms with van der Waals surface area (Å²) in [5, 5.41) is 8.31. The molecule has 0 fully saturated rings. The van der Waals surface area contributed by atoms with Crippen molar-refractivity contribution in [3.8, 4) is 0 Å². The van der Waals surface area contributed by atoms with Gasteiger partial charge >= 0.3 is 5.97 Å². The van der Waals surface area contributed by atoms with Crippen LogP contribution in [-0.4, -0.2) is 34.5 Å². The molecule has 1 unspecified atom stereocenters.